The van der Waals surface area contributed by atoms with Crippen LogP contribution < -0.4 is 10.9 Å². The number of carbonyl (C=O) groups is 1. The van der Waals surface area contributed by atoms with Crippen LogP contribution in [0.3, 0.4) is 0 Å². The predicted molar refractivity (Wildman–Crippen MR) is 80.3 cm³/mol. The fourth-order valence-corrected chi connectivity index (χ4v) is 2.59. The Morgan fingerprint density at radius 3 is 2.95 bits per heavy atom. The quantitative estimate of drug-likeness (QED) is 0.626. The molecule has 0 aliphatic heterocycles. The summed E-state index contributed by atoms with van der Waals surface area (Å²) in [7, 11) is 0. The first-order chi connectivity index (χ1) is 10.1. The Hall–Kier alpha value is -2.02. The van der Waals surface area contributed by atoms with Gasteiger partial charge < -0.3 is 14.7 Å². The van der Waals surface area contributed by atoms with E-state index in [1.165, 1.54) is 11.8 Å². The second-order valence-electron chi connectivity index (χ2n) is 4.43. The summed E-state index contributed by atoms with van der Waals surface area (Å²) >= 11 is 1.20. The molecule has 0 spiro atoms. The molecule has 112 valence electrons. The van der Waals surface area contributed by atoms with Crippen LogP contribution in [-0.2, 0) is 17.8 Å². The number of nitrogens with one attached hydrogen (secondary N) is 2. The molecule has 0 aliphatic rings. The van der Waals surface area contributed by atoms with Crippen LogP contribution in [0.25, 0.3) is 0 Å². The van der Waals surface area contributed by atoms with E-state index < -0.39 is 0 Å². The highest BCUT2D eigenvalue weighted by Gasteiger charge is 2.09. The van der Waals surface area contributed by atoms with Gasteiger partial charge in [0.2, 0.25) is 5.91 Å². The first kappa shape index (κ1) is 15.4. The lowest BCUT2D eigenvalue weighted by Crippen LogP contribution is -2.25. The van der Waals surface area contributed by atoms with E-state index >= 15 is 0 Å². The second kappa shape index (κ2) is 7.12. The van der Waals surface area contributed by atoms with Crippen LogP contribution in [0.5, 0.6) is 0 Å². The van der Waals surface area contributed by atoms with Gasteiger partial charge in [-0.2, -0.15) is 0 Å². The van der Waals surface area contributed by atoms with E-state index in [1.54, 1.807) is 25.3 Å². The van der Waals surface area contributed by atoms with Gasteiger partial charge >= 0.3 is 0 Å². The first-order valence-corrected chi connectivity index (χ1v) is 7.60. The first-order valence-electron chi connectivity index (χ1n) is 6.61. The fourth-order valence-electron chi connectivity index (χ4n) is 1.85. The summed E-state index contributed by atoms with van der Waals surface area (Å²) in [6, 6.07) is 3.56. The zero-order valence-corrected chi connectivity index (χ0v) is 12.8. The highest BCUT2D eigenvalue weighted by molar-refractivity contribution is 7.99. The number of aryl methyl sites for hydroxylation is 1. The number of hydrogen-bond acceptors (Lipinski definition) is 5. The van der Waals surface area contributed by atoms with Crippen LogP contribution in [0.15, 0.2) is 32.8 Å². The average molecular weight is 307 g/mol. The normalized spacial score (nSPS) is 10.6. The van der Waals surface area contributed by atoms with Crippen LogP contribution in [0.4, 0.5) is 0 Å². The van der Waals surface area contributed by atoms with Gasteiger partial charge in [0.15, 0.2) is 5.16 Å². The van der Waals surface area contributed by atoms with E-state index in [0.29, 0.717) is 35.1 Å². The van der Waals surface area contributed by atoms with Crippen molar-refractivity contribution in [3.05, 3.63) is 45.8 Å². The standard InChI is InChI=1S/C14H17N3O3S/c1-3-11-9(2)16-14(17-13(11)19)21-8-12(18)15-7-10-5-4-6-20-10/h4-6H,3,7-8H2,1-2H3,(H,15,18)(H,16,17,19). The van der Waals surface area contributed by atoms with Crippen LogP contribution in [0.1, 0.15) is 23.9 Å². The molecule has 2 aromatic heterocycles. The van der Waals surface area contributed by atoms with Crippen molar-refractivity contribution in [2.75, 3.05) is 5.75 Å². The summed E-state index contributed by atoms with van der Waals surface area (Å²) in [6.07, 6.45) is 2.20. The Kier molecular flexibility index (Phi) is 5.21. The number of aromatic amines is 1. The summed E-state index contributed by atoms with van der Waals surface area (Å²) in [5, 5.41) is 3.19. The van der Waals surface area contributed by atoms with Crippen molar-refractivity contribution in [2.24, 2.45) is 0 Å². The van der Waals surface area contributed by atoms with Crippen molar-refractivity contribution < 1.29 is 9.21 Å². The minimum Gasteiger partial charge on any atom is -0.467 e. The molecule has 0 aromatic carbocycles. The average Bonchev–Trinajstić information content (AvgIpc) is 2.96. The number of nitrogens with zero attached hydrogens (tertiary/aromatic N) is 1. The molecule has 1 amide bonds. The molecule has 0 atom stereocenters. The van der Waals surface area contributed by atoms with E-state index in [4.69, 9.17) is 4.42 Å². The van der Waals surface area contributed by atoms with Gasteiger partial charge in [0.25, 0.3) is 5.56 Å². The summed E-state index contributed by atoms with van der Waals surface area (Å²) in [5.41, 5.74) is 1.25. The maximum atomic E-state index is 11.8. The Morgan fingerprint density at radius 1 is 1.52 bits per heavy atom. The molecular formula is C14H17N3O3S. The molecule has 7 heteroatoms. The molecule has 2 rings (SSSR count). The topological polar surface area (TPSA) is 88.0 Å². The number of H-pyrrole nitrogens is 1. The molecule has 0 unspecified atom stereocenters. The van der Waals surface area contributed by atoms with Crippen molar-refractivity contribution in [1.29, 1.82) is 0 Å². The molecule has 0 aliphatic carbocycles. The summed E-state index contributed by atoms with van der Waals surface area (Å²) in [6.45, 7) is 4.06. The van der Waals surface area contributed by atoms with Gasteiger partial charge in [0, 0.05) is 11.3 Å². The van der Waals surface area contributed by atoms with Crippen molar-refractivity contribution in [3.63, 3.8) is 0 Å². The minimum absolute atomic E-state index is 0.136. The zero-order valence-electron chi connectivity index (χ0n) is 11.9. The molecule has 0 fully saturated rings. The molecule has 0 saturated heterocycles. The Labute approximate surface area is 126 Å². The molecular weight excluding hydrogens is 290 g/mol. The maximum Gasteiger partial charge on any atom is 0.254 e. The van der Waals surface area contributed by atoms with Crippen molar-refractivity contribution >= 4 is 17.7 Å². The SMILES string of the molecule is CCc1c(C)nc(SCC(=O)NCc2ccco2)[nH]c1=O. The van der Waals surface area contributed by atoms with Crippen molar-refractivity contribution in [2.45, 2.75) is 32.0 Å². The van der Waals surface area contributed by atoms with Crippen LogP contribution in [0, 0.1) is 6.92 Å². The number of thioether (sulfide) groups is 1. The molecule has 2 N–H and O–H groups in total. The third-order valence-corrected chi connectivity index (χ3v) is 3.81. The number of aromatic nitrogens is 2. The highest BCUT2D eigenvalue weighted by Crippen LogP contribution is 2.12. The third kappa shape index (κ3) is 4.22. The van der Waals surface area contributed by atoms with Gasteiger partial charge in [0.05, 0.1) is 18.6 Å². The summed E-state index contributed by atoms with van der Waals surface area (Å²) < 4.78 is 5.12. The molecule has 2 aromatic rings. The van der Waals surface area contributed by atoms with E-state index in [9.17, 15) is 9.59 Å². The van der Waals surface area contributed by atoms with Crippen molar-refractivity contribution in [1.82, 2.24) is 15.3 Å². The fraction of sp³-hybridized carbons (Fsp3) is 0.357. The predicted octanol–water partition coefficient (Wildman–Crippen LogP) is 1.64. The second-order valence-corrected chi connectivity index (χ2v) is 5.40. The Bertz CT molecular complexity index is 665. The smallest absolute Gasteiger partial charge is 0.254 e. The van der Waals surface area contributed by atoms with E-state index in [0.717, 1.165) is 0 Å². The largest absolute Gasteiger partial charge is 0.467 e. The van der Waals surface area contributed by atoms with E-state index in [2.05, 4.69) is 15.3 Å². The van der Waals surface area contributed by atoms with Gasteiger partial charge in [-0.15, -0.1) is 0 Å². The zero-order chi connectivity index (χ0) is 15.2. The molecule has 21 heavy (non-hydrogen) atoms. The summed E-state index contributed by atoms with van der Waals surface area (Å²) in [5.74, 6) is 0.744. The number of carbonyl (C=O) groups excluding carboxylic acids is 1. The molecule has 0 saturated carbocycles. The molecule has 2 heterocycles. The maximum absolute atomic E-state index is 11.8. The number of furan rings is 1. The van der Waals surface area contributed by atoms with Gasteiger partial charge in [-0.05, 0) is 25.5 Å². The van der Waals surface area contributed by atoms with Crippen molar-refractivity contribution in [3.8, 4) is 0 Å². The molecule has 0 radical (unpaired) electrons. The molecule has 0 bridgehead atoms. The third-order valence-electron chi connectivity index (χ3n) is 2.93. The van der Waals surface area contributed by atoms with E-state index in [-0.39, 0.29) is 17.2 Å². The van der Waals surface area contributed by atoms with Crippen LogP contribution in [0.2, 0.25) is 0 Å². The number of rotatable bonds is 6. The van der Waals surface area contributed by atoms with Gasteiger partial charge in [-0.25, -0.2) is 4.98 Å². The van der Waals surface area contributed by atoms with Gasteiger partial charge in [-0.1, -0.05) is 18.7 Å². The van der Waals surface area contributed by atoms with E-state index in [1.807, 2.05) is 6.92 Å². The molecule has 6 nitrogen and oxygen atoms in total. The lowest BCUT2D eigenvalue weighted by molar-refractivity contribution is -0.118. The minimum atomic E-state index is -0.142. The highest BCUT2D eigenvalue weighted by atomic mass is 32.2. The number of hydrogen-bond donors (Lipinski definition) is 2. The van der Waals surface area contributed by atoms with Crippen LogP contribution >= 0.6 is 11.8 Å². The number of amides is 1. The van der Waals surface area contributed by atoms with Gasteiger partial charge in [0.1, 0.15) is 5.76 Å². The van der Waals surface area contributed by atoms with Gasteiger partial charge in [-0.3, -0.25) is 9.59 Å². The Morgan fingerprint density at radius 2 is 2.33 bits per heavy atom. The van der Waals surface area contributed by atoms with Crippen LogP contribution in [-0.4, -0.2) is 21.6 Å². The monoisotopic (exact) mass is 307 g/mol. The Balaban J connectivity index is 1.88. The lowest BCUT2D eigenvalue weighted by atomic mass is 10.2. The lowest BCUT2D eigenvalue weighted by Gasteiger charge is -2.05. The summed E-state index contributed by atoms with van der Waals surface area (Å²) in [4.78, 5) is 30.5.